The van der Waals surface area contributed by atoms with Gasteiger partial charge in [0, 0.05) is 19.3 Å². The molecule has 1 heterocycles. The Kier molecular flexibility index (Phi) is 4.65. The van der Waals surface area contributed by atoms with Gasteiger partial charge >= 0.3 is 0 Å². The van der Waals surface area contributed by atoms with Gasteiger partial charge in [-0.05, 0) is 12.3 Å². The quantitative estimate of drug-likeness (QED) is 0.630. The maximum absolute atomic E-state index is 11.5. The van der Waals surface area contributed by atoms with Gasteiger partial charge in [-0.1, -0.05) is 6.92 Å². The molecule has 0 saturated carbocycles. The first kappa shape index (κ1) is 12.4. The molecule has 0 fully saturated rings. The van der Waals surface area contributed by atoms with E-state index in [1.165, 1.54) is 6.20 Å². The van der Waals surface area contributed by atoms with E-state index in [1.807, 2.05) is 6.92 Å². The highest BCUT2D eigenvalue weighted by molar-refractivity contribution is 5.91. The van der Waals surface area contributed by atoms with E-state index in [4.69, 9.17) is 5.11 Å². The first-order chi connectivity index (χ1) is 7.63. The first-order valence-corrected chi connectivity index (χ1v) is 5.07. The molecule has 0 aliphatic carbocycles. The lowest BCUT2D eigenvalue weighted by atomic mass is 10.1. The van der Waals surface area contributed by atoms with Gasteiger partial charge in [0.05, 0.1) is 6.20 Å². The van der Waals surface area contributed by atoms with Crippen LogP contribution < -0.4 is 10.9 Å². The summed E-state index contributed by atoms with van der Waals surface area (Å²) in [5, 5.41) is 11.4. The molecule has 6 nitrogen and oxygen atoms in total. The van der Waals surface area contributed by atoms with Crippen LogP contribution in [-0.2, 0) is 0 Å². The van der Waals surface area contributed by atoms with Gasteiger partial charge in [-0.25, -0.2) is 4.98 Å². The molecule has 3 N–H and O–H groups in total. The van der Waals surface area contributed by atoms with Crippen LogP contribution in [0.15, 0.2) is 17.2 Å². The molecule has 1 amide bonds. The summed E-state index contributed by atoms with van der Waals surface area (Å²) in [6.07, 6.45) is 2.97. The van der Waals surface area contributed by atoms with E-state index in [0.29, 0.717) is 13.0 Å². The fourth-order valence-electron chi connectivity index (χ4n) is 1.15. The molecular weight excluding hydrogens is 210 g/mol. The third-order valence-electron chi connectivity index (χ3n) is 2.14. The third-order valence-corrected chi connectivity index (χ3v) is 2.14. The predicted molar refractivity (Wildman–Crippen MR) is 58.1 cm³/mol. The van der Waals surface area contributed by atoms with Crippen molar-refractivity contribution in [3.8, 4) is 0 Å². The van der Waals surface area contributed by atoms with E-state index in [-0.39, 0.29) is 29.7 Å². The van der Waals surface area contributed by atoms with Gasteiger partial charge in [0.15, 0.2) is 0 Å². The number of H-pyrrole nitrogens is 1. The van der Waals surface area contributed by atoms with Gasteiger partial charge in [0.25, 0.3) is 11.5 Å². The minimum Gasteiger partial charge on any atom is -0.396 e. The zero-order valence-corrected chi connectivity index (χ0v) is 9.06. The number of aromatic amines is 1. The highest BCUT2D eigenvalue weighted by Crippen LogP contribution is 1.98. The van der Waals surface area contributed by atoms with Crippen molar-refractivity contribution in [2.45, 2.75) is 13.3 Å². The van der Waals surface area contributed by atoms with Crippen molar-refractivity contribution in [1.29, 1.82) is 0 Å². The summed E-state index contributed by atoms with van der Waals surface area (Å²) in [4.78, 5) is 28.3. The van der Waals surface area contributed by atoms with E-state index >= 15 is 0 Å². The Balaban J connectivity index is 2.46. The number of aromatic nitrogens is 2. The molecule has 6 heteroatoms. The summed E-state index contributed by atoms with van der Waals surface area (Å²) in [6.45, 7) is 2.50. The highest BCUT2D eigenvalue weighted by atomic mass is 16.3. The van der Waals surface area contributed by atoms with Gasteiger partial charge < -0.3 is 15.4 Å². The van der Waals surface area contributed by atoms with Crippen LogP contribution in [0.4, 0.5) is 0 Å². The molecule has 1 unspecified atom stereocenters. The van der Waals surface area contributed by atoms with Gasteiger partial charge in [-0.3, -0.25) is 9.59 Å². The Bertz CT molecular complexity index is 382. The average Bonchev–Trinajstić information content (AvgIpc) is 2.27. The van der Waals surface area contributed by atoms with E-state index in [2.05, 4.69) is 15.3 Å². The van der Waals surface area contributed by atoms with Gasteiger partial charge in [-0.15, -0.1) is 0 Å². The minimum absolute atomic E-state index is 0.105. The average molecular weight is 225 g/mol. The molecule has 0 aliphatic rings. The second kappa shape index (κ2) is 6.02. The van der Waals surface area contributed by atoms with E-state index < -0.39 is 0 Å². The zero-order valence-electron chi connectivity index (χ0n) is 9.06. The summed E-state index contributed by atoms with van der Waals surface area (Å²) < 4.78 is 0. The largest absolute Gasteiger partial charge is 0.396 e. The van der Waals surface area contributed by atoms with E-state index in [0.717, 1.165) is 6.20 Å². The van der Waals surface area contributed by atoms with Crippen LogP contribution in [0.3, 0.4) is 0 Å². The van der Waals surface area contributed by atoms with Crippen molar-refractivity contribution in [2.24, 2.45) is 5.92 Å². The molecule has 1 atom stereocenters. The number of hydrogen-bond acceptors (Lipinski definition) is 4. The van der Waals surface area contributed by atoms with E-state index in [1.54, 1.807) is 0 Å². The van der Waals surface area contributed by atoms with Gasteiger partial charge in [0.2, 0.25) is 0 Å². The van der Waals surface area contributed by atoms with Gasteiger partial charge in [0.1, 0.15) is 5.69 Å². The van der Waals surface area contributed by atoms with Crippen molar-refractivity contribution in [1.82, 2.24) is 15.3 Å². The Labute approximate surface area is 92.7 Å². The zero-order chi connectivity index (χ0) is 12.0. The second-order valence-corrected chi connectivity index (χ2v) is 3.62. The maximum Gasteiger partial charge on any atom is 0.271 e. The monoisotopic (exact) mass is 225 g/mol. The lowest BCUT2D eigenvalue weighted by Gasteiger charge is -2.10. The molecule has 0 spiro atoms. The van der Waals surface area contributed by atoms with Crippen LogP contribution in [0.2, 0.25) is 0 Å². The molecule has 88 valence electrons. The standard InChI is InChI=1S/C10H15N3O3/c1-7(2-3-14)4-13-10(16)8-5-12-9(15)6-11-8/h5-7,14H,2-4H2,1H3,(H,12,15)(H,13,16). The molecule has 0 saturated heterocycles. The normalized spacial score (nSPS) is 12.1. The SMILES string of the molecule is CC(CCO)CNC(=O)c1c[nH]c(=O)cn1. The second-order valence-electron chi connectivity index (χ2n) is 3.62. The van der Waals surface area contributed by atoms with Crippen molar-refractivity contribution >= 4 is 5.91 Å². The lowest BCUT2D eigenvalue weighted by molar-refractivity contribution is 0.0940. The van der Waals surface area contributed by atoms with E-state index in [9.17, 15) is 9.59 Å². The molecule has 1 aromatic heterocycles. The number of rotatable bonds is 5. The van der Waals surface area contributed by atoms with Crippen molar-refractivity contribution in [2.75, 3.05) is 13.2 Å². The fourth-order valence-corrected chi connectivity index (χ4v) is 1.15. The molecule has 16 heavy (non-hydrogen) atoms. The summed E-state index contributed by atoms with van der Waals surface area (Å²) in [6, 6.07) is 0. The molecule has 0 aromatic carbocycles. The first-order valence-electron chi connectivity index (χ1n) is 5.07. The Morgan fingerprint density at radius 1 is 1.69 bits per heavy atom. The third kappa shape index (κ3) is 3.82. The number of carbonyl (C=O) groups excluding carboxylic acids is 1. The predicted octanol–water partition coefficient (Wildman–Crippen LogP) is -0.482. The summed E-state index contributed by atoms with van der Waals surface area (Å²) >= 11 is 0. The van der Waals surface area contributed by atoms with Crippen LogP contribution in [0.25, 0.3) is 0 Å². The number of hydrogen-bond donors (Lipinski definition) is 3. The summed E-state index contributed by atoms with van der Waals surface area (Å²) in [5.41, 5.74) is -0.166. The van der Waals surface area contributed by atoms with Crippen molar-refractivity contribution in [3.63, 3.8) is 0 Å². The molecule has 0 aliphatic heterocycles. The topological polar surface area (TPSA) is 95.1 Å². The Hall–Kier alpha value is -1.69. The Morgan fingerprint density at radius 3 is 3.00 bits per heavy atom. The van der Waals surface area contributed by atoms with Crippen molar-refractivity contribution < 1.29 is 9.90 Å². The smallest absolute Gasteiger partial charge is 0.271 e. The molecule has 1 aromatic rings. The fraction of sp³-hybridized carbons (Fsp3) is 0.500. The number of amides is 1. The molecular formula is C10H15N3O3. The Morgan fingerprint density at radius 2 is 2.44 bits per heavy atom. The molecule has 0 radical (unpaired) electrons. The van der Waals surface area contributed by atoms with Crippen LogP contribution in [0, 0.1) is 5.92 Å². The number of nitrogens with one attached hydrogen (secondary N) is 2. The van der Waals surface area contributed by atoms with Crippen LogP contribution in [0.1, 0.15) is 23.8 Å². The number of aliphatic hydroxyl groups excluding tert-OH is 1. The van der Waals surface area contributed by atoms with Crippen LogP contribution in [-0.4, -0.2) is 34.1 Å². The highest BCUT2D eigenvalue weighted by Gasteiger charge is 2.08. The van der Waals surface area contributed by atoms with Crippen LogP contribution in [0.5, 0.6) is 0 Å². The number of carbonyl (C=O) groups is 1. The summed E-state index contributed by atoms with van der Waals surface area (Å²) in [7, 11) is 0. The minimum atomic E-state index is -0.342. The number of nitrogens with zero attached hydrogens (tertiary/aromatic N) is 1. The molecule has 1 rings (SSSR count). The van der Waals surface area contributed by atoms with Crippen LogP contribution >= 0.6 is 0 Å². The lowest BCUT2D eigenvalue weighted by Crippen LogP contribution is -2.30. The number of aliphatic hydroxyl groups is 1. The maximum atomic E-state index is 11.5. The summed E-state index contributed by atoms with van der Waals surface area (Å²) in [5.74, 6) is -0.127. The van der Waals surface area contributed by atoms with Crippen molar-refractivity contribution in [3.05, 3.63) is 28.4 Å². The van der Waals surface area contributed by atoms with Gasteiger partial charge in [-0.2, -0.15) is 0 Å². The molecule has 0 bridgehead atoms.